The van der Waals surface area contributed by atoms with E-state index >= 15 is 0 Å². The van der Waals surface area contributed by atoms with E-state index in [2.05, 4.69) is 93.7 Å². The summed E-state index contributed by atoms with van der Waals surface area (Å²) < 4.78 is 16.7. The number of carbonyl (C=O) groups excluding carboxylic acids is 3. The number of ether oxygens (including phenoxy) is 3. The highest BCUT2D eigenvalue weighted by atomic mass is 16.6. The first-order valence-corrected chi connectivity index (χ1v) is 27.4. The Balaban J connectivity index is 4.27. The van der Waals surface area contributed by atoms with Gasteiger partial charge in [-0.3, -0.25) is 14.4 Å². The SMILES string of the molecule is CC/C=C\C/C=C\C/C=C\C/C=C\C/C=C\C/C=C\CCCCCCC(=O)OCC(COC(=O)CCCCCCCCC)OC(=O)CCCCCCCCCCCCCCCCCCC. The molecular weight excluding hydrogens is 805 g/mol. The molecule has 0 spiro atoms. The summed E-state index contributed by atoms with van der Waals surface area (Å²) in [5, 5.41) is 0. The molecule has 0 rings (SSSR count). The largest absolute Gasteiger partial charge is 0.462 e. The van der Waals surface area contributed by atoms with Crippen molar-refractivity contribution in [2.45, 2.75) is 271 Å². The topological polar surface area (TPSA) is 78.9 Å². The summed E-state index contributed by atoms with van der Waals surface area (Å²) in [6.07, 6.45) is 67.6. The zero-order valence-electron chi connectivity index (χ0n) is 42.7. The standard InChI is InChI=1S/C59H102O6/c1-4-7-10-13-16-18-20-22-24-26-27-28-29-30-31-33-34-36-38-40-43-46-49-52-58(61)64-55-56(54-63-57(60)51-48-45-42-15-12-9-6-3)65-59(62)53-50-47-44-41-39-37-35-32-25-23-21-19-17-14-11-8-5-2/h7,10,16,18,22,24,27-28,30-31,34,36,56H,4-6,8-9,11-15,17,19-21,23,25-26,29,32-33,35,37-55H2,1-3H3/b10-7-,18-16-,24-22-,28-27-,31-30-,36-34-. The van der Waals surface area contributed by atoms with Gasteiger partial charge in [-0.2, -0.15) is 0 Å². The Hall–Kier alpha value is -3.15. The molecule has 0 saturated carbocycles. The van der Waals surface area contributed by atoms with Crippen LogP contribution in [0.5, 0.6) is 0 Å². The second-order valence-corrected chi connectivity index (χ2v) is 18.1. The second-order valence-electron chi connectivity index (χ2n) is 18.1. The van der Waals surface area contributed by atoms with Gasteiger partial charge in [0.1, 0.15) is 13.2 Å². The van der Waals surface area contributed by atoms with Gasteiger partial charge in [-0.05, 0) is 70.6 Å². The number of esters is 3. The first kappa shape index (κ1) is 61.9. The molecule has 65 heavy (non-hydrogen) atoms. The van der Waals surface area contributed by atoms with Crippen LogP contribution in [0, 0.1) is 0 Å². The van der Waals surface area contributed by atoms with Crippen molar-refractivity contribution < 1.29 is 28.6 Å². The van der Waals surface area contributed by atoms with E-state index in [1.165, 1.54) is 116 Å². The lowest BCUT2D eigenvalue weighted by Crippen LogP contribution is -2.30. The fourth-order valence-electron chi connectivity index (χ4n) is 7.62. The van der Waals surface area contributed by atoms with Crippen LogP contribution >= 0.6 is 0 Å². The summed E-state index contributed by atoms with van der Waals surface area (Å²) >= 11 is 0. The van der Waals surface area contributed by atoms with Crippen LogP contribution in [0.15, 0.2) is 72.9 Å². The lowest BCUT2D eigenvalue weighted by Gasteiger charge is -2.18. The molecule has 0 aromatic heterocycles. The molecule has 0 aliphatic heterocycles. The second kappa shape index (κ2) is 53.5. The number of hydrogen-bond acceptors (Lipinski definition) is 6. The molecule has 6 nitrogen and oxygen atoms in total. The maximum absolute atomic E-state index is 12.8. The maximum atomic E-state index is 12.8. The van der Waals surface area contributed by atoms with Gasteiger partial charge in [0.15, 0.2) is 6.10 Å². The van der Waals surface area contributed by atoms with Gasteiger partial charge < -0.3 is 14.2 Å². The predicted octanol–water partition coefficient (Wildman–Crippen LogP) is 18.2. The Kier molecular flexibility index (Phi) is 50.9. The third kappa shape index (κ3) is 51.7. The number of hydrogen-bond donors (Lipinski definition) is 0. The summed E-state index contributed by atoms with van der Waals surface area (Å²) in [6, 6.07) is 0. The summed E-state index contributed by atoms with van der Waals surface area (Å²) in [6.45, 7) is 6.48. The molecule has 0 aromatic carbocycles. The number of carbonyl (C=O) groups is 3. The van der Waals surface area contributed by atoms with Crippen molar-refractivity contribution in [1.82, 2.24) is 0 Å². The number of allylic oxidation sites excluding steroid dienone is 12. The highest BCUT2D eigenvalue weighted by Crippen LogP contribution is 2.16. The molecule has 0 bridgehead atoms. The zero-order chi connectivity index (χ0) is 47.2. The Bertz CT molecular complexity index is 1230. The molecule has 0 aliphatic carbocycles. The summed E-state index contributed by atoms with van der Waals surface area (Å²) in [5.41, 5.74) is 0. The Morgan fingerprint density at radius 2 is 0.600 bits per heavy atom. The van der Waals surface area contributed by atoms with Gasteiger partial charge in [-0.15, -0.1) is 0 Å². The molecule has 0 aliphatic rings. The number of unbranched alkanes of at least 4 members (excludes halogenated alkanes) is 26. The van der Waals surface area contributed by atoms with E-state index in [0.29, 0.717) is 19.3 Å². The molecule has 1 unspecified atom stereocenters. The fraction of sp³-hybridized carbons (Fsp3) is 0.746. The van der Waals surface area contributed by atoms with Crippen LogP contribution in [-0.4, -0.2) is 37.2 Å². The zero-order valence-corrected chi connectivity index (χ0v) is 42.7. The van der Waals surface area contributed by atoms with E-state index in [1.807, 2.05) is 0 Å². The number of rotatable bonds is 49. The molecule has 0 radical (unpaired) electrons. The summed E-state index contributed by atoms with van der Waals surface area (Å²) in [5.74, 6) is -0.907. The molecule has 0 saturated heterocycles. The van der Waals surface area contributed by atoms with Crippen LogP contribution in [-0.2, 0) is 28.6 Å². The third-order valence-corrected chi connectivity index (χ3v) is 11.7. The van der Waals surface area contributed by atoms with Gasteiger partial charge in [0.25, 0.3) is 0 Å². The third-order valence-electron chi connectivity index (χ3n) is 11.7. The molecule has 0 amide bonds. The fourth-order valence-corrected chi connectivity index (χ4v) is 7.62. The van der Waals surface area contributed by atoms with Crippen LogP contribution in [0.25, 0.3) is 0 Å². The minimum absolute atomic E-state index is 0.0814. The van der Waals surface area contributed by atoms with Crippen molar-refractivity contribution in [3.05, 3.63) is 72.9 Å². The summed E-state index contributed by atoms with van der Waals surface area (Å²) in [4.78, 5) is 37.9. The first-order valence-electron chi connectivity index (χ1n) is 27.4. The first-order chi connectivity index (χ1) is 32.0. The molecule has 1 atom stereocenters. The maximum Gasteiger partial charge on any atom is 0.306 e. The van der Waals surface area contributed by atoms with Crippen LogP contribution in [0.1, 0.15) is 265 Å². The van der Waals surface area contributed by atoms with Gasteiger partial charge in [0, 0.05) is 19.3 Å². The quantitative estimate of drug-likeness (QED) is 0.0262. The van der Waals surface area contributed by atoms with E-state index in [0.717, 1.165) is 109 Å². The van der Waals surface area contributed by atoms with Crippen LogP contribution in [0.3, 0.4) is 0 Å². The minimum atomic E-state index is -0.781. The van der Waals surface area contributed by atoms with E-state index in [1.54, 1.807) is 0 Å². The van der Waals surface area contributed by atoms with Crippen LogP contribution < -0.4 is 0 Å². The smallest absolute Gasteiger partial charge is 0.306 e. The van der Waals surface area contributed by atoms with Crippen molar-refractivity contribution in [2.75, 3.05) is 13.2 Å². The average molecular weight is 907 g/mol. The molecule has 6 heteroatoms. The Labute approximate surface area is 402 Å². The highest BCUT2D eigenvalue weighted by Gasteiger charge is 2.19. The predicted molar refractivity (Wildman–Crippen MR) is 279 cm³/mol. The summed E-state index contributed by atoms with van der Waals surface area (Å²) in [7, 11) is 0. The van der Waals surface area contributed by atoms with E-state index < -0.39 is 6.10 Å². The highest BCUT2D eigenvalue weighted by molar-refractivity contribution is 5.71. The van der Waals surface area contributed by atoms with Gasteiger partial charge in [0.05, 0.1) is 0 Å². The van der Waals surface area contributed by atoms with E-state index in [4.69, 9.17) is 14.2 Å². The van der Waals surface area contributed by atoms with Crippen molar-refractivity contribution >= 4 is 17.9 Å². The molecule has 0 heterocycles. The average Bonchev–Trinajstić information content (AvgIpc) is 3.30. The van der Waals surface area contributed by atoms with Crippen molar-refractivity contribution in [1.29, 1.82) is 0 Å². The van der Waals surface area contributed by atoms with E-state index in [-0.39, 0.29) is 31.1 Å². The van der Waals surface area contributed by atoms with Gasteiger partial charge in [-0.1, -0.05) is 248 Å². The van der Waals surface area contributed by atoms with Crippen LogP contribution in [0.2, 0.25) is 0 Å². The Morgan fingerprint density at radius 3 is 0.938 bits per heavy atom. The molecular formula is C59H102O6. The molecule has 0 fully saturated rings. The monoisotopic (exact) mass is 907 g/mol. The minimum Gasteiger partial charge on any atom is -0.462 e. The molecule has 374 valence electrons. The van der Waals surface area contributed by atoms with Gasteiger partial charge in [-0.25, -0.2) is 0 Å². The Morgan fingerprint density at radius 1 is 0.323 bits per heavy atom. The molecule has 0 aromatic rings. The van der Waals surface area contributed by atoms with Crippen molar-refractivity contribution in [3.63, 3.8) is 0 Å². The van der Waals surface area contributed by atoms with Crippen molar-refractivity contribution in [3.8, 4) is 0 Å². The van der Waals surface area contributed by atoms with Crippen molar-refractivity contribution in [2.24, 2.45) is 0 Å². The van der Waals surface area contributed by atoms with Gasteiger partial charge in [0.2, 0.25) is 0 Å². The van der Waals surface area contributed by atoms with Crippen LogP contribution in [0.4, 0.5) is 0 Å². The van der Waals surface area contributed by atoms with Gasteiger partial charge >= 0.3 is 17.9 Å². The molecule has 0 N–H and O–H groups in total. The normalized spacial score (nSPS) is 12.6. The lowest BCUT2D eigenvalue weighted by atomic mass is 10.0. The van der Waals surface area contributed by atoms with E-state index in [9.17, 15) is 14.4 Å². The lowest BCUT2D eigenvalue weighted by molar-refractivity contribution is -0.167.